The Morgan fingerprint density at radius 3 is 2.35 bits per heavy atom. The first kappa shape index (κ1) is 15.4. The molecule has 0 amide bonds. The molecule has 1 aromatic carbocycles. The molecule has 20 heavy (non-hydrogen) atoms. The van der Waals surface area contributed by atoms with Gasteiger partial charge in [-0.05, 0) is 58.3 Å². The van der Waals surface area contributed by atoms with Gasteiger partial charge in [-0.1, -0.05) is 20.8 Å². The van der Waals surface area contributed by atoms with E-state index in [-0.39, 0.29) is 5.84 Å². The van der Waals surface area contributed by atoms with Crippen LogP contribution in [0.5, 0.6) is 0 Å². The van der Waals surface area contributed by atoms with E-state index in [1.54, 1.807) is 0 Å². The van der Waals surface area contributed by atoms with Gasteiger partial charge in [0, 0.05) is 23.1 Å². The van der Waals surface area contributed by atoms with Crippen LogP contribution in [-0.4, -0.2) is 18.9 Å². The van der Waals surface area contributed by atoms with Crippen molar-refractivity contribution in [2.75, 3.05) is 18.0 Å². The van der Waals surface area contributed by atoms with Crippen molar-refractivity contribution in [2.24, 2.45) is 17.1 Å². The van der Waals surface area contributed by atoms with Crippen molar-refractivity contribution >= 4 is 27.5 Å². The molecule has 0 aromatic heterocycles. The van der Waals surface area contributed by atoms with Gasteiger partial charge in [-0.15, -0.1) is 0 Å². The van der Waals surface area contributed by atoms with Gasteiger partial charge in [-0.3, -0.25) is 5.41 Å². The van der Waals surface area contributed by atoms with Crippen LogP contribution in [0.4, 0.5) is 5.69 Å². The van der Waals surface area contributed by atoms with E-state index >= 15 is 0 Å². The number of nitrogens with zero attached hydrogens (tertiary/aromatic N) is 1. The molecule has 0 atom stereocenters. The first-order valence-corrected chi connectivity index (χ1v) is 7.97. The van der Waals surface area contributed by atoms with Gasteiger partial charge >= 0.3 is 0 Å². The molecule has 1 saturated heterocycles. The maximum absolute atomic E-state index is 7.49. The zero-order valence-corrected chi connectivity index (χ0v) is 14.1. The van der Waals surface area contributed by atoms with Crippen molar-refractivity contribution in [1.82, 2.24) is 0 Å². The Labute approximate surface area is 130 Å². The highest BCUT2D eigenvalue weighted by atomic mass is 79.9. The molecule has 0 radical (unpaired) electrons. The van der Waals surface area contributed by atoms with Crippen molar-refractivity contribution in [1.29, 1.82) is 5.41 Å². The Kier molecular flexibility index (Phi) is 4.43. The van der Waals surface area contributed by atoms with Gasteiger partial charge in [-0.25, -0.2) is 0 Å². The Morgan fingerprint density at radius 1 is 1.30 bits per heavy atom. The molecule has 3 N–H and O–H groups in total. The van der Waals surface area contributed by atoms with Crippen LogP contribution in [0, 0.1) is 16.7 Å². The zero-order chi connectivity index (χ0) is 14.9. The molecule has 2 rings (SSSR count). The van der Waals surface area contributed by atoms with Crippen LogP contribution >= 0.6 is 15.9 Å². The van der Waals surface area contributed by atoms with Crippen molar-refractivity contribution in [3.05, 3.63) is 28.2 Å². The average molecular weight is 338 g/mol. The number of benzene rings is 1. The van der Waals surface area contributed by atoms with Gasteiger partial charge in [-0.2, -0.15) is 0 Å². The van der Waals surface area contributed by atoms with E-state index in [4.69, 9.17) is 11.1 Å². The molecule has 4 heteroatoms. The topological polar surface area (TPSA) is 53.1 Å². The van der Waals surface area contributed by atoms with Gasteiger partial charge in [0.05, 0.1) is 5.69 Å². The van der Waals surface area contributed by atoms with Crippen molar-refractivity contribution in [3.8, 4) is 0 Å². The SMILES string of the molecule is CC(C)(C)C1CCN(c2ccc(C(=N)N)cc2Br)CC1. The van der Waals surface area contributed by atoms with Crippen LogP contribution < -0.4 is 10.6 Å². The lowest BCUT2D eigenvalue weighted by molar-refractivity contribution is 0.199. The number of hydrogen-bond acceptors (Lipinski definition) is 2. The number of nitrogens with one attached hydrogen (secondary N) is 1. The maximum Gasteiger partial charge on any atom is 0.122 e. The summed E-state index contributed by atoms with van der Waals surface area (Å²) in [7, 11) is 0. The summed E-state index contributed by atoms with van der Waals surface area (Å²) in [5.74, 6) is 0.915. The largest absolute Gasteiger partial charge is 0.384 e. The molecular formula is C16H24BrN3. The smallest absolute Gasteiger partial charge is 0.122 e. The van der Waals surface area contributed by atoms with Crippen LogP contribution in [-0.2, 0) is 0 Å². The average Bonchev–Trinajstić information content (AvgIpc) is 2.37. The molecule has 0 unspecified atom stereocenters. The van der Waals surface area contributed by atoms with Gasteiger partial charge < -0.3 is 10.6 Å². The predicted molar refractivity (Wildman–Crippen MR) is 89.6 cm³/mol. The molecular weight excluding hydrogens is 314 g/mol. The lowest BCUT2D eigenvalue weighted by atomic mass is 9.75. The van der Waals surface area contributed by atoms with E-state index < -0.39 is 0 Å². The fraction of sp³-hybridized carbons (Fsp3) is 0.562. The van der Waals surface area contributed by atoms with E-state index in [0.717, 1.165) is 29.0 Å². The summed E-state index contributed by atoms with van der Waals surface area (Å²) in [4.78, 5) is 2.43. The summed E-state index contributed by atoms with van der Waals surface area (Å²) >= 11 is 3.61. The van der Waals surface area contributed by atoms with Crippen LogP contribution in [0.3, 0.4) is 0 Å². The highest BCUT2D eigenvalue weighted by Gasteiger charge is 2.29. The highest BCUT2D eigenvalue weighted by Crippen LogP contribution is 2.37. The van der Waals surface area contributed by atoms with Gasteiger partial charge in [0.25, 0.3) is 0 Å². The molecule has 1 aromatic rings. The van der Waals surface area contributed by atoms with Crippen LogP contribution in [0.2, 0.25) is 0 Å². The monoisotopic (exact) mass is 337 g/mol. The second-order valence-corrected chi connectivity index (χ2v) is 7.56. The quantitative estimate of drug-likeness (QED) is 0.633. The minimum Gasteiger partial charge on any atom is -0.384 e. The molecule has 0 aliphatic carbocycles. The summed E-state index contributed by atoms with van der Waals surface area (Å²) in [6, 6.07) is 5.93. The first-order chi connectivity index (χ1) is 9.29. The lowest BCUT2D eigenvalue weighted by Crippen LogP contribution is -2.38. The molecule has 1 heterocycles. The maximum atomic E-state index is 7.49. The molecule has 0 saturated carbocycles. The Balaban J connectivity index is 2.09. The number of nitrogens with two attached hydrogens (primary N) is 1. The molecule has 1 aliphatic heterocycles. The standard InChI is InChI=1S/C16H24BrN3/c1-16(2,3)12-6-8-20(9-7-12)14-5-4-11(15(18)19)10-13(14)17/h4-5,10,12H,6-9H2,1-3H3,(H3,18,19). The number of rotatable bonds is 2. The third kappa shape index (κ3) is 3.35. The van der Waals surface area contributed by atoms with E-state index in [2.05, 4.69) is 47.7 Å². The second kappa shape index (κ2) is 5.76. The normalized spacial score (nSPS) is 17.3. The fourth-order valence-corrected chi connectivity index (χ4v) is 3.55. The minimum atomic E-state index is 0.115. The summed E-state index contributed by atoms with van der Waals surface area (Å²) in [5.41, 5.74) is 7.91. The summed E-state index contributed by atoms with van der Waals surface area (Å²) in [5, 5.41) is 7.49. The van der Waals surface area contributed by atoms with E-state index in [1.807, 2.05) is 12.1 Å². The zero-order valence-electron chi connectivity index (χ0n) is 12.5. The number of amidine groups is 1. The first-order valence-electron chi connectivity index (χ1n) is 7.18. The number of piperidine rings is 1. The van der Waals surface area contributed by atoms with Crippen LogP contribution in [0.1, 0.15) is 39.2 Å². The molecule has 0 bridgehead atoms. The third-order valence-corrected chi connectivity index (χ3v) is 4.95. The minimum absolute atomic E-state index is 0.115. The summed E-state index contributed by atoms with van der Waals surface area (Å²) in [6.07, 6.45) is 2.48. The molecule has 0 spiro atoms. The lowest BCUT2D eigenvalue weighted by Gasteiger charge is -2.40. The predicted octanol–water partition coefficient (Wildman–Crippen LogP) is 4.00. The van der Waals surface area contributed by atoms with E-state index in [9.17, 15) is 0 Å². The van der Waals surface area contributed by atoms with E-state index in [1.165, 1.54) is 18.5 Å². The Morgan fingerprint density at radius 2 is 1.90 bits per heavy atom. The summed E-state index contributed by atoms with van der Waals surface area (Å²) in [6.45, 7) is 9.21. The van der Waals surface area contributed by atoms with E-state index in [0.29, 0.717) is 5.41 Å². The molecule has 1 aliphatic rings. The van der Waals surface area contributed by atoms with Crippen LogP contribution in [0.15, 0.2) is 22.7 Å². The molecule has 1 fully saturated rings. The van der Waals surface area contributed by atoms with Crippen molar-refractivity contribution in [3.63, 3.8) is 0 Å². The van der Waals surface area contributed by atoms with Gasteiger partial charge in [0.15, 0.2) is 0 Å². The number of hydrogen-bond donors (Lipinski definition) is 2. The third-order valence-electron chi connectivity index (χ3n) is 4.32. The van der Waals surface area contributed by atoms with Crippen LogP contribution in [0.25, 0.3) is 0 Å². The number of halogens is 1. The summed E-state index contributed by atoms with van der Waals surface area (Å²) < 4.78 is 1.03. The molecule has 110 valence electrons. The Bertz CT molecular complexity index is 497. The van der Waals surface area contributed by atoms with Crippen molar-refractivity contribution < 1.29 is 0 Å². The highest BCUT2D eigenvalue weighted by molar-refractivity contribution is 9.10. The van der Waals surface area contributed by atoms with Gasteiger partial charge in [0.2, 0.25) is 0 Å². The Hall–Kier alpha value is -1.03. The number of anilines is 1. The number of nitrogen functional groups attached to an aromatic ring is 1. The second-order valence-electron chi connectivity index (χ2n) is 6.71. The molecule has 3 nitrogen and oxygen atoms in total. The van der Waals surface area contributed by atoms with Gasteiger partial charge in [0.1, 0.15) is 5.84 Å². The fourth-order valence-electron chi connectivity index (χ4n) is 2.92. The van der Waals surface area contributed by atoms with Crippen molar-refractivity contribution in [2.45, 2.75) is 33.6 Å².